The Bertz CT molecular complexity index is 328. The van der Waals surface area contributed by atoms with Gasteiger partial charge in [-0.2, -0.15) is 16.9 Å². The number of hydrogen-bond donors (Lipinski definition) is 1. The van der Waals surface area contributed by atoms with Crippen molar-refractivity contribution in [2.75, 3.05) is 12.8 Å². The van der Waals surface area contributed by atoms with E-state index in [1.165, 1.54) is 12.0 Å². The molecule has 17 heavy (non-hydrogen) atoms. The topological polar surface area (TPSA) is 29.9 Å². The molecule has 0 spiro atoms. The molecule has 0 aromatic carbocycles. The summed E-state index contributed by atoms with van der Waals surface area (Å²) in [6, 6.07) is 0. The summed E-state index contributed by atoms with van der Waals surface area (Å²) in [6.07, 6.45) is 7.47. The molecule has 0 aliphatic rings. The maximum absolute atomic E-state index is 4.39. The first-order valence-corrected chi connectivity index (χ1v) is 7.50. The van der Waals surface area contributed by atoms with Crippen LogP contribution in [-0.2, 0) is 12.1 Å². The van der Waals surface area contributed by atoms with E-state index in [2.05, 4.69) is 50.6 Å². The molecular formula is C13H25N3S. The van der Waals surface area contributed by atoms with E-state index in [0.717, 1.165) is 18.3 Å². The van der Waals surface area contributed by atoms with Crippen molar-refractivity contribution in [2.24, 2.45) is 0 Å². The van der Waals surface area contributed by atoms with Gasteiger partial charge in [0.15, 0.2) is 0 Å². The Labute approximate surface area is 109 Å². The Balaban J connectivity index is 2.31. The minimum absolute atomic E-state index is 0.0750. The zero-order valence-electron chi connectivity index (χ0n) is 11.7. The van der Waals surface area contributed by atoms with E-state index in [1.807, 2.05) is 22.6 Å². The second-order valence-corrected chi connectivity index (χ2v) is 6.75. The summed E-state index contributed by atoms with van der Waals surface area (Å²) >= 11 is 1.92. The van der Waals surface area contributed by atoms with Crippen LogP contribution in [0.3, 0.4) is 0 Å². The van der Waals surface area contributed by atoms with Gasteiger partial charge in [0.1, 0.15) is 0 Å². The largest absolute Gasteiger partial charge is 0.313 e. The highest BCUT2D eigenvalue weighted by atomic mass is 32.2. The van der Waals surface area contributed by atoms with Crippen LogP contribution in [0.5, 0.6) is 0 Å². The van der Waals surface area contributed by atoms with Crippen LogP contribution in [0.2, 0.25) is 0 Å². The SMILES string of the molecule is CSC(C)CCNCc1cnn(C(C)(C)C)c1. The monoisotopic (exact) mass is 255 g/mol. The summed E-state index contributed by atoms with van der Waals surface area (Å²) < 4.78 is 2.02. The van der Waals surface area contributed by atoms with Gasteiger partial charge in [-0.05, 0) is 40.0 Å². The highest BCUT2D eigenvalue weighted by molar-refractivity contribution is 7.99. The molecule has 1 N–H and O–H groups in total. The molecule has 98 valence electrons. The second kappa shape index (κ2) is 6.45. The molecule has 3 nitrogen and oxygen atoms in total. The molecule has 1 unspecified atom stereocenters. The van der Waals surface area contributed by atoms with Crippen molar-refractivity contribution in [2.45, 2.75) is 51.4 Å². The number of nitrogens with one attached hydrogen (secondary N) is 1. The van der Waals surface area contributed by atoms with Crippen LogP contribution in [0.1, 0.15) is 39.7 Å². The number of hydrogen-bond acceptors (Lipinski definition) is 3. The summed E-state index contributed by atoms with van der Waals surface area (Å²) in [7, 11) is 0. The lowest BCUT2D eigenvalue weighted by molar-refractivity contribution is 0.355. The normalized spacial score (nSPS) is 13.9. The standard InChI is InChI=1S/C13H25N3S/c1-11(17-5)6-7-14-8-12-9-15-16(10-12)13(2,3)4/h9-11,14H,6-8H2,1-5H3. The van der Waals surface area contributed by atoms with Crippen molar-refractivity contribution in [3.05, 3.63) is 18.0 Å². The number of nitrogens with zero attached hydrogens (tertiary/aromatic N) is 2. The third kappa shape index (κ3) is 5.13. The molecule has 0 bridgehead atoms. The second-order valence-electron chi connectivity index (χ2n) is 5.48. The molecule has 0 radical (unpaired) electrons. The Kier molecular flexibility index (Phi) is 5.53. The highest BCUT2D eigenvalue weighted by Crippen LogP contribution is 2.13. The van der Waals surface area contributed by atoms with Gasteiger partial charge in [0.25, 0.3) is 0 Å². The Morgan fingerprint density at radius 3 is 2.71 bits per heavy atom. The first kappa shape index (κ1) is 14.6. The predicted octanol–water partition coefficient (Wildman–Crippen LogP) is 2.87. The van der Waals surface area contributed by atoms with Gasteiger partial charge in [0.2, 0.25) is 0 Å². The minimum atomic E-state index is 0.0750. The molecule has 0 saturated carbocycles. The van der Waals surface area contributed by atoms with Crippen molar-refractivity contribution >= 4 is 11.8 Å². The first-order chi connectivity index (χ1) is 7.93. The molecule has 1 aromatic heterocycles. The van der Waals surface area contributed by atoms with Crippen molar-refractivity contribution in [1.29, 1.82) is 0 Å². The molecule has 4 heteroatoms. The van der Waals surface area contributed by atoms with Gasteiger partial charge < -0.3 is 5.32 Å². The lowest BCUT2D eigenvalue weighted by atomic mass is 10.1. The van der Waals surface area contributed by atoms with Gasteiger partial charge in [-0.1, -0.05) is 6.92 Å². The van der Waals surface area contributed by atoms with E-state index in [0.29, 0.717) is 0 Å². The van der Waals surface area contributed by atoms with Gasteiger partial charge in [0, 0.05) is 23.6 Å². The highest BCUT2D eigenvalue weighted by Gasteiger charge is 2.13. The molecule has 0 aliphatic heterocycles. The average molecular weight is 255 g/mol. The summed E-state index contributed by atoms with van der Waals surface area (Å²) in [4.78, 5) is 0. The Morgan fingerprint density at radius 2 is 2.18 bits per heavy atom. The first-order valence-electron chi connectivity index (χ1n) is 6.21. The molecule has 1 atom stereocenters. The van der Waals surface area contributed by atoms with E-state index in [-0.39, 0.29) is 5.54 Å². The summed E-state index contributed by atoms with van der Waals surface area (Å²) in [5.74, 6) is 0. The third-order valence-corrected chi connectivity index (χ3v) is 3.82. The van der Waals surface area contributed by atoms with Crippen LogP contribution in [-0.4, -0.2) is 27.8 Å². The molecule has 0 saturated heterocycles. The van der Waals surface area contributed by atoms with E-state index >= 15 is 0 Å². The van der Waals surface area contributed by atoms with E-state index in [1.54, 1.807) is 0 Å². The lowest BCUT2D eigenvalue weighted by Crippen LogP contribution is -2.22. The molecule has 1 rings (SSSR count). The maximum atomic E-state index is 4.39. The molecular weight excluding hydrogens is 230 g/mol. The van der Waals surface area contributed by atoms with Gasteiger partial charge in [-0.15, -0.1) is 0 Å². The zero-order valence-corrected chi connectivity index (χ0v) is 12.5. The number of thioether (sulfide) groups is 1. The van der Waals surface area contributed by atoms with Gasteiger partial charge in [-0.25, -0.2) is 0 Å². The smallest absolute Gasteiger partial charge is 0.0543 e. The average Bonchev–Trinajstić information content (AvgIpc) is 2.72. The number of rotatable bonds is 6. The van der Waals surface area contributed by atoms with Gasteiger partial charge in [0.05, 0.1) is 11.7 Å². The van der Waals surface area contributed by atoms with Crippen molar-refractivity contribution in [1.82, 2.24) is 15.1 Å². The molecule has 0 aliphatic carbocycles. The van der Waals surface area contributed by atoms with Crippen LogP contribution in [0.4, 0.5) is 0 Å². The number of aromatic nitrogens is 2. The van der Waals surface area contributed by atoms with E-state index in [9.17, 15) is 0 Å². The van der Waals surface area contributed by atoms with Gasteiger partial charge >= 0.3 is 0 Å². The molecule has 0 fully saturated rings. The fourth-order valence-electron chi connectivity index (χ4n) is 1.47. The lowest BCUT2D eigenvalue weighted by Gasteiger charge is -2.18. The van der Waals surface area contributed by atoms with Crippen molar-refractivity contribution < 1.29 is 0 Å². The van der Waals surface area contributed by atoms with Crippen molar-refractivity contribution in [3.8, 4) is 0 Å². The quantitative estimate of drug-likeness (QED) is 0.793. The van der Waals surface area contributed by atoms with E-state index in [4.69, 9.17) is 0 Å². The maximum Gasteiger partial charge on any atom is 0.0543 e. The fourth-order valence-corrected chi connectivity index (χ4v) is 1.83. The molecule has 0 amide bonds. The fraction of sp³-hybridized carbons (Fsp3) is 0.769. The zero-order chi connectivity index (χ0) is 12.9. The predicted molar refractivity (Wildman–Crippen MR) is 76.5 cm³/mol. The summed E-state index contributed by atoms with van der Waals surface area (Å²) in [5.41, 5.74) is 1.34. The molecule has 1 heterocycles. The van der Waals surface area contributed by atoms with Crippen LogP contribution >= 0.6 is 11.8 Å². The summed E-state index contributed by atoms with van der Waals surface area (Å²) in [5, 5.41) is 8.59. The van der Waals surface area contributed by atoms with Crippen LogP contribution in [0.15, 0.2) is 12.4 Å². The minimum Gasteiger partial charge on any atom is -0.313 e. The Hall–Kier alpha value is -0.480. The summed E-state index contributed by atoms with van der Waals surface area (Å²) in [6.45, 7) is 10.7. The van der Waals surface area contributed by atoms with Crippen LogP contribution in [0, 0.1) is 0 Å². The van der Waals surface area contributed by atoms with E-state index < -0.39 is 0 Å². The molecule has 1 aromatic rings. The van der Waals surface area contributed by atoms with Crippen LogP contribution < -0.4 is 5.32 Å². The Morgan fingerprint density at radius 1 is 1.47 bits per heavy atom. The third-order valence-electron chi connectivity index (χ3n) is 2.78. The van der Waals surface area contributed by atoms with Crippen molar-refractivity contribution in [3.63, 3.8) is 0 Å². The van der Waals surface area contributed by atoms with Crippen LogP contribution in [0.25, 0.3) is 0 Å². The van der Waals surface area contributed by atoms with Gasteiger partial charge in [-0.3, -0.25) is 4.68 Å².